The molecule has 2 atom stereocenters. The van der Waals surface area contributed by atoms with Crippen LogP contribution in [0.25, 0.3) is 33.1 Å². The first-order chi connectivity index (χ1) is 21.4. The van der Waals surface area contributed by atoms with Gasteiger partial charge in [-0.1, -0.05) is 18.2 Å². The second-order valence-electron chi connectivity index (χ2n) is 11.5. The smallest absolute Gasteiger partial charge is 0.228 e. The number of hydrogen-bond donors (Lipinski definition) is 2. The van der Waals surface area contributed by atoms with Gasteiger partial charge in [-0.05, 0) is 49.2 Å². The molecule has 5 aromatic rings. The van der Waals surface area contributed by atoms with Crippen LogP contribution in [0.1, 0.15) is 29.5 Å². The van der Waals surface area contributed by atoms with Gasteiger partial charge in [0.1, 0.15) is 17.7 Å². The third-order valence-corrected chi connectivity index (χ3v) is 8.78. The number of piperazine rings is 1. The van der Waals surface area contributed by atoms with E-state index >= 15 is 0 Å². The molecule has 5 heterocycles. The normalized spacial score (nSPS) is 18.8. The fraction of sp³-hybridized carbons (Fsp3) is 0.333. The van der Waals surface area contributed by atoms with Gasteiger partial charge in [0.2, 0.25) is 17.7 Å². The lowest BCUT2D eigenvalue weighted by Gasteiger charge is -2.41. The highest BCUT2D eigenvalue weighted by Crippen LogP contribution is 2.34. The van der Waals surface area contributed by atoms with Gasteiger partial charge in [0.05, 0.1) is 49.0 Å². The SMILES string of the molecule is COc1nc2ccccc2cc1-c1cnc(C2CN(C(=O)C3CCOC3)CCN2C(=O)Cc2c(C)[nH]c3ccc(F)cc23)[nH]1. The number of carbonyl (C=O) groups is 2. The number of H-pyrrole nitrogens is 2. The molecule has 2 aromatic carbocycles. The Hall–Kier alpha value is -4.77. The monoisotopic (exact) mass is 596 g/mol. The van der Waals surface area contributed by atoms with Crippen LogP contribution in [-0.4, -0.2) is 81.5 Å². The molecule has 44 heavy (non-hydrogen) atoms. The van der Waals surface area contributed by atoms with Crippen LogP contribution in [0.2, 0.25) is 0 Å². The van der Waals surface area contributed by atoms with Gasteiger partial charge in [-0.3, -0.25) is 9.59 Å². The van der Waals surface area contributed by atoms with Crippen LogP contribution < -0.4 is 4.74 Å². The minimum absolute atomic E-state index is 0.0368. The van der Waals surface area contributed by atoms with Crippen molar-refractivity contribution in [1.29, 1.82) is 0 Å². The summed E-state index contributed by atoms with van der Waals surface area (Å²) in [5.41, 5.74) is 4.61. The van der Waals surface area contributed by atoms with E-state index in [-0.39, 0.29) is 30.0 Å². The molecule has 0 bridgehead atoms. The van der Waals surface area contributed by atoms with E-state index in [9.17, 15) is 14.0 Å². The van der Waals surface area contributed by atoms with Crippen molar-refractivity contribution in [2.45, 2.75) is 25.8 Å². The average Bonchev–Trinajstić information content (AvgIpc) is 3.81. The van der Waals surface area contributed by atoms with Crippen LogP contribution in [0.4, 0.5) is 4.39 Å². The molecule has 7 rings (SSSR count). The minimum atomic E-state index is -0.516. The molecular formula is C33H33FN6O4. The molecule has 10 nitrogen and oxygen atoms in total. The second-order valence-corrected chi connectivity index (χ2v) is 11.5. The topological polar surface area (TPSA) is 116 Å². The van der Waals surface area contributed by atoms with Gasteiger partial charge in [-0.15, -0.1) is 0 Å². The maximum Gasteiger partial charge on any atom is 0.228 e. The number of fused-ring (bicyclic) bond motifs is 2. The Morgan fingerprint density at radius 3 is 2.82 bits per heavy atom. The van der Waals surface area contributed by atoms with Crippen molar-refractivity contribution in [3.8, 4) is 17.1 Å². The lowest BCUT2D eigenvalue weighted by atomic mass is 10.0. The maximum atomic E-state index is 14.1. The standard InChI is InChI=1S/C33H33FN6O4/c1-19-23(24-14-22(34)7-8-27(24)36-19)15-30(41)40-11-10-39(33(42)21-9-12-44-18-21)17-29(40)31-35-16-28(37-31)25-13-20-5-3-4-6-26(20)38-32(25)43-2/h3-8,13-14,16,21,29,36H,9-12,15,17-18H2,1-2H3,(H,35,37). The summed E-state index contributed by atoms with van der Waals surface area (Å²) in [7, 11) is 1.58. The van der Waals surface area contributed by atoms with Crippen LogP contribution in [0.15, 0.2) is 54.7 Å². The molecule has 0 saturated carbocycles. The van der Waals surface area contributed by atoms with E-state index in [1.807, 2.05) is 42.2 Å². The number of aromatic nitrogens is 4. The molecule has 0 radical (unpaired) electrons. The van der Waals surface area contributed by atoms with Gasteiger partial charge in [0.15, 0.2) is 0 Å². The molecular weight excluding hydrogens is 563 g/mol. The van der Waals surface area contributed by atoms with E-state index in [0.717, 1.165) is 33.2 Å². The molecule has 2 saturated heterocycles. The zero-order valence-electron chi connectivity index (χ0n) is 24.6. The highest BCUT2D eigenvalue weighted by molar-refractivity contribution is 5.91. The van der Waals surface area contributed by atoms with Crippen LogP contribution in [0.5, 0.6) is 5.88 Å². The Labute approximate surface area is 253 Å². The number of halogens is 1. The molecule has 3 aromatic heterocycles. The summed E-state index contributed by atoms with van der Waals surface area (Å²) in [6.07, 6.45) is 2.50. The number of imidazole rings is 1. The Morgan fingerprint density at radius 2 is 2.00 bits per heavy atom. The highest BCUT2D eigenvalue weighted by atomic mass is 19.1. The first-order valence-corrected chi connectivity index (χ1v) is 14.8. The number of nitrogens with one attached hydrogen (secondary N) is 2. The largest absolute Gasteiger partial charge is 0.480 e. The summed E-state index contributed by atoms with van der Waals surface area (Å²) < 4.78 is 25.3. The van der Waals surface area contributed by atoms with Gasteiger partial charge >= 0.3 is 0 Å². The number of ether oxygens (including phenoxy) is 2. The lowest BCUT2D eigenvalue weighted by Crippen LogP contribution is -2.54. The summed E-state index contributed by atoms with van der Waals surface area (Å²) in [5, 5.41) is 1.65. The fourth-order valence-corrected chi connectivity index (χ4v) is 6.43. The third kappa shape index (κ3) is 5.06. The number of para-hydroxylation sites is 1. The van der Waals surface area contributed by atoms with Gasteiger partial charge in [-0.25, -0.2) is 14.4 Å². The van der Waals surface area contributed by atoms with Crippen molar-refractivity contribution in [1.82, 2.24) is 29.7 Å². The first kappa shape index (κ1) is 28.0. The van der Waals surface area contributed by atoms with E-state index in [2.05, 4.69) is 15.0 Å². The summed E-state index contributed by atoms with van der Waals surface area (Å²) in [4.78, 5) is 47.1. The van der Waals surface area contributed by atoms with Crippen molar-refractivity contribution in [3.05, 3.63) is 77.6 Å². The quantitative estimate of drug-likeness (QED) is 0.297. The van der Waals surface area contributed by atoms with Crippen molar-refractivity contribution >= 4 is 33.6 Å². The van der Waals surface area contributed by atoms with Crippen LogP contribution >= 0.6 is 0 Å². The summed E-state index contributed by atoms with van der Waals surface area (Å²) in [6.45, 7) is 3.93. The molecule has 2 fully saturated rings. The predicted molar refractivity (Wildman–Crippen MR) is 163 cm³/mol. The molecule has 226 valence electrons. The van der Waals surface area contributed by atoms with E-state index in [1.165, 1.54) is 12.1 Å². The van der Waals surface area contributed by atoms with Gasteiger partial charge < -0.3 is 29.2 Å². The number of amides is 2. The van der Waals surface area contributed by atoms with E-state index < -0.39 is 6.04 Å². The summed E-state index contributed by atoms with van der Waals surface area (Å²) in [5.74, 6) is 0.396. The van der Waals surface area contributed by atoms with E-state index in [0.29, 0.717) is 62.1 Å². The number of benzene rings is 2. The fourth-order valence-electron chi connectivity index (χ4n) is 6.43. The second kappa shape index (κ2) is 11.4. The number of hydrogen-bond acceptors (Lipinski definition) is 6. The third-order valence-electron chi connectivity index (χ3n) is 8.78. The average molecular weight is 597 g/mol. The van der Waals surface area contributed by atoms with Gasteiger partial charge in [0.25, 0.3) is 0 Å². The first-order valence-electron chi connectivity index (χ1n) is 14.8. The Balaban J connectivity index is 1.22. The Bertz CT molecular complexity index is 1880. The van der Waals surface area contributed by atoms with Crippen molar-refractivity contribution < 1.29 is 23.5 Å². The molecule has 2 aliphatic rings. The number of aryl methyl sites for hydroxylation is 1. The highest BCUT2D eigenvalue weighted by Gasteiger charge is 2.38. The van der Waals surface area contributed by atoms with Crippen molar-refractivity contribution in [2.75, 3.05) is 40.0 Å². The molecule has 2 aliphatic heterocycles. The summed E-state index contributed by atoms with van der Waals surface area (Å²) in [6, 6.07) is 13.8. The lowest BCUT2D eigenvalue weighted by molar-refractivity contribution is -0.145. The van der Waals surface area contributed by atoms with E-state index in [1.54, 1.807) is 24.3 Å². The molecule has 0 spiro atoms. The van der Waals surface area contributed by atoms with Gasteiger partial charge in [-0.2, -0.15) is 0 Å². The zero-order valence-corrected chi connectivity index (χ0v) is 24.6. The van der Waals surface area contributed by atoms with Crippen LogP contribution in [0, 0.1) is 18.7 Å². The van der Waals surface area contributed by atoms with Crippen LogP contribution in [0.3, 0.4) is 0 Å². The van der Waals surface area contributed by atoms with Crippen molar-refractivity contribution in [3.63, 3.8) is 0 Å². The Morgan fingerprint density at radius 1 is 1.14 bits per heavy atom. The molecule has 11 heteroatoms. The maximum absolute atomic E-state index is 14.1. The molecule has 0 aliphatic carbocycles. The number of aromatic amines is 2. The number of pyridine rings is 1. The summed E-state index contributed by atoms with van der Waals surface area (Å²) >= 11 is 0. The van der Waals surface area contributed by atoms with Gasteiger partial charge in [0, 0.05) is 48.2 Å². The predicted octanol–water partition coefficient (Wildman–Crippen LogP) is 4.55. The molecule has 2 amide bonds. The molecule has 2 unspecified atom stereocenters. The van der Waals surface area contributed by atoms with Crippen molar-refractivity contribution in [2.24, 2.45) is 5.92 Å². The van der Waals surface area contributed by atoms with Crippen LogP contribution in [-0.2, 0) is 20.7 Å². The zero-order chi connectivity index (χ0) is 30.4. The number of rotatable bonds is 6. The number of carbonyl (C=O) groups excluding carboxylic acids is 2. The number of methoxy groups -OCH3 is 1. The van der Waals surface area contributed by atoms with E-state index in [4.69, 9.17) is 14.5 Å². The Kier molecular flexibility index (Phi) is 7.25. The molecule has 2 N–H and O–H groups in total. The minimum Gasteiger partial charge on any atom is -0.480 e. The number of nitrogens with zero attached hydrogens (tertiary/aromatic N) is 4.